The summed E-state index contributed by atoms with van der Waals surface area (Å²) in [5, 5.41) is 21.2. The zero-order valence-corrected chi connectivity index (χ0v) is 23.9. The molecule has 5 rings (SSSR count). The number of hydrogen-bond donors (Lipinski definition) is 4. The van der Waals surface area contributed by atoms with Crippen molar-refractivity contribution in [1.29, 1.82) is 0 Å². The lowest BCUT2D eigenvalue weighted by Gasteiger charge is -2.43. The Balaban J connectivity index is 0.000000345. The highest BCUT2D eigenvalue weighted by molar-refractivity contribution is 5.94. The van der Waals surface area contributed by atoms with Crippen LogP contribution in [0, 0.1) is 0 Å². The number of para-hydroxylation sites is 2. The molecule has 11 nitrogen and oxygen atoms in total. The highest BCUT2D eigenvalue weighted by atomic mass is 19.4. The van der Waals surface area contributed by atoms with Gasteiger partial charge in [0.15, 0.2) is 0 Å². The predicted octanol–water partition coefficient (Wildman–Crippen LogP) is 4.26. The number of fused-ring (bicyclic) bond motifs is 1. The molecule has 2 aromatic carbocycles. The lowest BCUT2D eigenvalue weighted by Crippen LogP contribution is -2.56. The fourth-order valence-corrected chi connectivity index (χ4v) is 4.80. The van der Waals surface area contributed by atoms with Crippen molar-refractivity contribution in [3.05, 3.63) is 66.9 Å². The molecule has 2 aliphatic heterocycles. The minimum atomic E-state index is -5.08. The first-order valence-electron chi connectivity index (χ1n) is 13.6. The van der Waals surface area contributed by atoms with Gasteiger partial charge in [0, 0.05) is 37.1 Å². The van der Waals surface area contributed by atoms with Gasteiger partial charge in [0.2, 0.25) is 11.8 Å². The number of benzene rings is 2. The number of alkyl halides is 6. The number of aromatic nitrogens is 1. The van der Waals surface area contributed by atoms with Gasteiger partial charge in [-0.05, 0) is 37.1 Å². The van der Waals surface area contributed by atoms with Gasteiger partial charge in [0.05, 0.1) is 24.1 Å². The molecule has 1 aromatic heterocycles. The monoisotopic (exact) mass is 657 g/mol. The number of anilines is 2. The molecule has 0 unspecified atom stereocenters. The Morgan fingerprint density at radius 2 is 1.43 bits per heavy atom. The number of likely N-dealkylation sites (tertiary alicyclic amines) is 1. The molecule has 1 spiro atoms. The topological polar surface area (TPSA) is 152 Å². The third kappa shape index (κ3) is 9.53. The zero-order chi connectivity index (χ0) is 34.1. The van der Waals surface area contributed by atoms with Crippen molar-refractivity contribution < 1.29 is 55.7 Å². The third-order valence-electron chi connectivity index (χ3n) is 7.10. The SMILES string of the molecule is O=C(CCN1CCC2(CC1)C(=O)NCN2c1ccccc1)Nc1cnc2ccccc2c1.O=C(O)C(F)(F)F.O=C(O)C(F)(F)F. The van der Waals surface area contributed by atoms with Gasteiger partial charge in [-0.1, -0.05) is 36.4 Å². The van der Waals surface area contributed by atoms with E-state index in [9.17, 15) is 35.9 Å². The first-order chi connectivity index (χ1) is 21.5. The molecule has 0 bridgehead atoms. The number of carboxylic acids is 2. The van der Waals surface area contributed by atoms with E-state index in [-0.39, 0.29) is 11.8 Å². The summed E-state index contributed by atoms with van der Waals surface area (Å²) in [7, 11) is 0. The molecule has 46 heavy (non-hydrogen) atoms. The molecule has 17 heteroatoms. The molecule has 3 aromatic rings. The van der Waals surface area contributed by atoms with E-state index in [1.54, 1.807) is 6.20 Å². The molecule has 2 aliphatic rings. The van der Waals surface area contributed by atoms with Crippen LogP contribution in [0.3, 0.4) is 0 Å². The van der Waals surface area contributed by atoms with Crippen molar-refractivity contribution in [2.24, 2.45) is 0 Å². The smallest absolute Gasteiger partial charge is 0.475 e. The summed E-state index contributed by atoms with van der Waals surface area (Å²) >= 11 is 0. The quantitative estimate of drug-likeness (QED) is 0.295. The summed E-state index contributed by atoms with van der Waals surface area (Å²) < 4.78 is 63.5. The number of rotatable bonds is 5. The summed E-state index contributed by atoms with van der Waals surface area (Å²) in [5.41, 5.74) is 2.21. The van der Waals surface area contributed by atoms with E-state index in [2.05, 4.69) is 37.6 Å². The lowest BCUT2D eigenvalue weighted by molar-refractivity contribution is -0.193. The number of nitrogens with one attached hydrogen (secondary N) is 2. The molecule has 0 saturated carbocycles. The van der Waals surface area contributed by atoms with E-state index in [0.717, 1.165) is 42.5 Å². The maximum absolute atomic E-state index is 12.8. The van der Waals surface area contributed by atoms with Crippen LogP contribution in [0.4, 0.5) is 37.7 Å². The average molecular weight is 658 g/mol. The molecule has 2 fully saturated rings. The number of nitrogens with zero attached hydrogens (tertiary/aromatic N) is 3. The minimum Gasteiger partial charge on any atom is -0.475 e. The molecular formula is C29H29F6N5O6. The maximum Gasteiger partial charge on any atom is 0.490 e. The van der Waals surface area contributed by atoms with Crippen LogP contribution in [0.2, 0.25) is 0 Å². The van der Waals surface area contributed by atoms with Crippen molar-refractivity contribution >= 4 is 46.0 Å². The Morgan fingerprint density at radius 1 is 0.891 bits per heavy atom. The number of halogens is 6. The van der Waals surface area contributed by atoms with Gasteiger partial charge in [0.25, 0.3) is 0 Å². The number of aliphatic carboxylic acids is 2. The van der Waals surface area contributed by atoms with Crippen LogP contribution in [0.15, 0.2) is 66.9 Å². The van der Waals surface area contributed by atoms with Crippen molar-refractivity contribution in [2.75, 3.05) is 36.5 Å². The summed E-state index contributed by atoms with van der Waals surface area (Å²) in [6.45, 7) is 2.81. The van der Waals surface area contributed by atoms with Gasteiger partial charge in [-0.25, -0.2) is 9.59 Å². The molecule has 3 heterocycles. The molecule has 0 radical (unpaired) electrons. The largest absolute Gasteiger partial charge is 0.490 e. The number of carboxylic acid groups (broad SMARTS) is 2. The number of hydrogen-bond acceptors (Lipinski definition) is 7. The molecule has 2 amide bonds. The minimum absolute atomic E-state index is 0.0214. The molecular weight excluding hydrogens is 628 g/mol. The normalized spacial score (nSPS) is 16.0. The summed E-state index contributed by atoms with van der Waals surface area (Å²) in [4.78, 5) is 51.9. The number of amides is 2. The Bertz CT molecular complexity index is 1500. The maximum atomic E-state index is 12.8. The second-order valence-corrected chi connectivity index (χ2v) is 10.1. The van der Waals surface area contributed by atoms with E-state index >= 15 is 0 Å². The molecule has 2 saturated heterocycles. The van der Waals surface area contributed by atoms with Crippen molar-refractivity contribution in [3.63, 3.8) is 0 Å². The number of carbonyl (C=O) groups excluding carboxylic acids is 2. The van der Waals surface area contributed by atoms with Crippen molar-refractivity contribution in [1.82, 2.24) is 15.2 Å². The Labute approximate surface area is 257 Å². The van der Waals surface area contributed by atoms with Crippen LogP contribution in [0.25, 0.3) is 10.9 Å². The van der Waals surface area contributed by atoms with Crippen LogP contribution in [0.1, 0.15) is 19.3 Å². The highest BCUT2D eigenvalue weighted by Crippen LogP contribution is 2.36. The van der Waals surface area contributed by atoms with E-state index in [0.29, 0.717) is 25.3 Å². The summed E-state index contributed by atoms with van der Waals surface area (Å²) in [6.07, 6.45) is -6.55. The van der Waals surface area contributed by atoms with Gasteiger partial charge in [-0.15, -0.1) is 0 Å². The summed E-state index contributed by atoms with van der Waals surface area (Å²) in [5.74, 6) is -5.42. The fourth-order valence-electron chi connectivity index (χ4n) is 4.80. The van der Waals surface area contributed by atoms with Crippen molar-refractivity contribution in [3.8, 4) is 0 Å². The van der Waals surface area contributed by atoms with Gasteiger partial charge >= 0.3 is 24.3 Å². The van der Waals surface area contributed by atoms with E-state index in [1.807, 2.05) is 48.5 Å². The highest BCUT2D eigenvalue weighted by Gasteiger charge is 2.50. The zero-order valence-electron chi connectivity index (χ0n) is 23.9. The van der Waals surface area contributed by atoms with E-state index in [4.69, 9.17) is 19.8 Å². The number of piperidine rings is 1. The van der Waals surface area contributed by atoms with Gasteiger partial charge in [-0.2, -0.15) is 26.3 Å². The molecule has 0 atom stereocenters. The standard InChI is InChI=1S/C25H27N5O2.2C2HF3O2/c31-23(28-20-16-19-6-4-5-9-22(19)26-17-20)10-13-29-14-11-25(12-15-29)24(32)27-18-30(25)21-7-2-1-3-8-21;2*3-2(4,5)1(6)7/h1-9,16-17H,10-15,18H2,(H,27,32)(H,28,31);2*(H,6,7). The summed E-state index contributed by atoms with van der Waals surface area (Å²) in [6, 6.07) is 19.9. The van der Waals surface area contributed by atoms with Crippen LogP contribution < -0.4 is 15.5 Å². The van der Waals surface area contributed by atoms with E-state index in [1.165, 1.54) is 0 Å². The first kappa shape index (κ1) is 35.5. The van der Waals surface area contributed by atoms with E-state index < -0.39 is 29.8 Å². The van der Waals surface area contributed by atoms with Crippen LogP contribution >= 0.6 is 0 Å². The van der Waals surface area contributed by atoms with Crippen LogP contribution in [0.5, 0.6) is 0 Å². The molecule has 0 aliphatic carbocycles. The second-order valence-electron chi connectivity index (χ2n) is 10.1. The Morgan fingerprint density at radius 3 is 2.00 bits per heavy atom. The number of carbonyl (C=O) groups is 4. The fraction of sp³-hybridized carbons (Fsp3) is 0.345. The van der Waals surface area contributed by atoms with Gasteiger partial charge in [0.1, 0.15) is 5.54 Å². The van der Waals surface area contributed by atoms with Crippen molar-refractivity contribution in [2.45, 2.75) is 37.2 Å². The van der Waals surface area contributed by atoms with Gasteiger partial charge < -0.3 is 30.6 Å². The molecule has 248 valence electrons. The second kappa shape index (κ2) is 14.9. The lowest BCUT2D eigenvalue weighted by atomic mass is 9.85. The first-order valence-corrected chi connectivity index (χ1v) is 13.6. The Kier molecular flexibility index (Phi) is 11.5. The molecule has 4 N–H and O–H groups in total. The number of pyridine rings is 1. The predicted molar refractivity (Wildman–Crippen MR) is 153 cm³/mol. The van der Waals surface area contributed by atoms with Crippen LogP contribution in [-0.4, -0.2) is 88.0 Å². The third-order valence-corrected chi connectivity index (χ3v) is 7.10. The Hall–Kier alpha value is -4.93. The van der Waals surface area contributed by atoms with Crippen LogP contribution in [-0.2, 0) is 19.2 Å². The average Bonchev–Trinajstić information content (AvgIpc) is 3.31. The van der Waals surface area contributed by atoms with Gasteiger partial charge in [-0.3, -0.25) is 14.6 Å².